The third-order valence-electron chi connectivity index (χ3n) is 2.24. The quantitative estimate of drug-likeness (QED) is 0.783. The van der Waals surface area contributed by atoms with Gasteiger partial charge in [0.05, 0.1) is 5.69 Å². The Morgan fingerprint density at radius 3 is 2.71 bits per heavy atom. The molecule has 14 heavy (non-hydrogen) atoms. The molecule has 0 radical (unpaired) electrons. The number of nitrogens with zero attached hydrogens (tertiary/aromatic N) is 1. The van der Waals surface area contributed by atoms with E-state index < -0.39 is 0 Å². The Hall–Kier alpha value is -0.450. The van der Waals surface area contributed by atoms with Crippen LogP contribution in [0.25, 0.3) is 0 Å². The Labute approximate surface area is 89.2 Å². The SMILES string of the molecule is Cc1nc(CNC(C)CCO)sc1C. The van der Waals surface area contributed by atoms with E-state index in [1.165, 1.54) is 4.88 Å². The maximum atomic E-state index is 8.73. The molecule has 1 unspecified atom stereocenters. The first-order chi connectivity index (χ1) is 6.63. The number of aliphatic hydroxyl groups is 1. The first kappa shape index (κ1) is 11.6. The summed E-state index contributed by atoms with van der Waals surface area (Å²) in [5, 5.41) is 13.2. The average Bonchev–Trinajstić information content (AvgIpc) is 2.44. The number of aryl methyl sites for hydroxylation is 2. The van der Waals surface area contributed by atoms with Crippen molar-refractivity contribution in [1.29, 1.82) is 0 Å². The van der Waals surface area contributed by atoms with E-state index in [9.17, 15) is 0 Å². The molecule has 1 rings (SSSR count). The summed E-state index contributed by atoms with van der Waals surface area (Å²) in [6.07, 6.45) is 0.795. The van der Waals surface area contributed by atoms with Crippen molar-refractivity contribution < 1.29 is 5.11 Å². The van der Waals surface area contributed by atoms with Crippen LogP contribution < -0.4 is 5.32 Å². The summed E-state index contributed by atoms with van der Waals surface area (Å²) in [5.74, 6) is 0. The first-order valence-corrected chi connectivity index (χ1v) is 5.72. The molecule has 1 aromatic rings. The lowest BCUT2D eigenvalue weighted by molar-refractivity contribution is 0.268. The number of nitrogens with one attached hydrogen (secondary N) is 1. The van der Waals surface area contributed by atoms with Gasteiger partial charge >= 0.3 is 0 Å². The summed E-state index contributed by atoms with van der Waals surface area (Å²) in [5.41, 5.74) is 1.13. The maximum absolute atomic E-state index is 8.73. The van der Waals surface area contributed by atoms with Crippen molar-refractivity contribution in [2.75, 3.05) is 6.61 Å². The lowest BCUT2D eigenvalue weighted by Crippen LogP contribution is -2.26. The van der Waals surface area contributed by atoms with E-state index in [0.717, 1.165) is 23.7 Å². The van der Waals surface area contributed by atoms with Crippen LogP contribution in [0.1, 0.15) is 28.9 Å². The summed E-state index contributed by atoms with van der Waals surface area (Å²) in [6.45, 7) is 7.24. The van der Waals surface area contributed by atoms with Crippen LogP contribution in [0.15, 0.2) is 0 Å². The molecule has 3 nitrogen and oxygen atoms in total. The Morgan fingerprint density at radius 2 is 2.21 bits per heavy atom. The monoisotopic (exact) mass is 214 g/mol. The second-order valence-electron chi connectivity index (χ2n) is 3.54. The van der Waals surface area contributed by atoms with Crippen molar-refractivity contribution in [2.45, 2.75) is 39.8 Å². The van der Waals surface area contributed by atoms with Crippen LogP contribution in [-0.2, 0) is 6.54 Å². The molecule has 1 atom stereocenters. The predicted molar refractivity (Wildman–Crippen MR) is 59.6 cm³/mol. The second-order valence-corrected chi connectivity index (χ2v) is 4.83. The van der Waals surface area contributed by atoms with Crippen LogP contribution in [0, 0.1) is 13.8 Å². The number of rotatable bonds is 5. The van der Waals surface area contributed by atoms with Gasteiger partial charge in [0.2, 0.25) is 0 Å². The van der Waals surface area contributed by atoms with E-state index >= 15 is 0 Å². The lowest BCUT2D eigenvalue weighted by Gasteiger charge is -2.10. The highest BCUT2D eigenvalue weighted by Crippen LogP contribution is 2.16. The van der Waals surface area contributed by atoms with E-state index in [2.05, 4.69) is 24.1 Å². The van der Waals surface area contributed by atoms with Crippen molar-refractivity contribution in [3.05, 3.63) is 15.6 Å². The Bertz CT molecular complexity index is 266. The molecule has 0 aliphatic carbocycles. The summed E-state index contributed by atoms with van der Waals surface area (Å²) >= 11 is 1.74. The summed E-state index contributed by atoms with van der Waals surface area (Å²) in [4.78, 5) is 5.72. The van der Waals surface area contributed by atoms with Gasteiger partial charge in [0.1, 0.15) is 5.01 Å². The molecule has 0 saturated heterocycles. The van der Waals surface area contributed by atoms with Gasteiger partial charge in [0.25, 0.3) is 0 Å². The largest absolute Gasteiger partial charge is 0.396 e. The predicted octanol–water partition coefficient (Wildman–Crippen LogP) is 1.62. The normalized spacial score (nSPS) is 13.1. The number of aromatic nitrogens is 1. The van der Waals surface area contributed by atoms with Crippen LogP contribution in [-0.4, -0.2) is 22.7 Å². The number of hydrogen-bond donors (Lipinski definition) is 2. The molecule has 0 fully saturated rings. The van der Waals surface area contributed by atoms with Gasteiger partial charge in [-0.05, 0) is 27.2 Å². The Morgan fingerprint density at radius 1 is 1.50 bits per heavy atom. The van der Waals surface area contributed by atoms with Gasteiger partial charge in [-0.25, -0.2) is 4.98 Å². The van der Waals surface area contributed by atoms with Gasteiger partial charge in [-0.3, -0.25) is 0 Å². The van der Waals surface area contributed by atoms with Crippen LogP contribution in [0.4, 0.5) is 0 Å². The standard InChI is InChI=1S/C10H18N2OS/c1-7(4-5-13)11-6-10-12-8(2)9(3)14-10/h7,11,13H,4-6H2,1-3H3. The van der Waals surface area contributed by atoms with E-state index in [4.69, 9.17) is 5.11 Å². The molecule has 0 saturated carbocycles. The highest BCUT2D eigenvalue weighted by Gasteiger charge is 2.05. The third kappa shape index (κ3) is 3.36. The van der Waals surface area contributed by atoms with Crippen molar-refractivity contribution in [3.8, 4) is 0 Å². The van der Waals surface area contributed by atoms with Gasteiger partial charge in [0.15, 0.2) is 0 Å². The fourth-order valence-electron chi connectivity index (χ4n) is 1.17. The summed E-state index contributed by atoms with van der Waals surface area (Å²) in [7, 11) is 0. The topological polar surface area (TPSA) is 45.2 Å². The highest BCUT2D eigenvalue weighted by molar-refractivity contribution is 7.11. The zero-order valence-corrected chi connectivity index (χ0v) is 9.82. The van der Waals surface area contributed by atoms with Crippen LogP contribution >= 0.6 is 11.3 Å². The van der Waals surface area contributed by atoms with E-state index in [-0.39, 0.29) is 6.61 Å². The fourth-order valence-corrected chi connectivity index (χ4v) is 2.06. The Balaban J connectivity index is 2.38. The van der Waals surface area contributed by atoms with Crippen LogP contribution in [0.2, 0.25) is 0 Å². The van der Waals surface area contributed by atoms with Crippen molar-refractivity contribution in [1.82, 2.24) is 10.3 Å². The van der Waals surface area contributed by atoms with Gasteiger partial charge in [0, 0.05) is 24.1 Å². The van der Waals surface area contributed by atoms with Crippen molar-refractivity contribution >= 4 is 11.3 Å². The zero-order valence-electron chi connectivity index (χ0n) is 9.00. The summed E-state index contributed by atoms with van der Waals surface area (Å²) in [6, 6.07) is 0.351. The van der Waals surface area contributed by atoms with E-state index in [1.54, 1.807) is 11.3 Å². The highest BCUT2D eigenvalue weighted by atomic mass is 32.1. The molecule has 0 aliphatic heterocycles. The number of thiazole rings is 1. The zero-order chi connectivity index (χ0) is 10.6. The van der Waals surface area contributed by atoms with E-state index in [0.29, 0.717) is 6.04 Å². The minimum atomic E-state index is 0.240. The molecule has 0 amide bonds. The van der Waals surface area contributed by atoms with Gasteiger partial charge in [-0.2, -0.15) is 0 Å². The molecule has 0 bridgehead atoms. The molecule has 0 spiro atoms. The first-order valence-electron chi connectivity index (χ1n) is 4.90. The second kappa shape index (κ2) is 5.44. The molecule has 80 valence electrons. The molecule has 0 aromatic carbocycles. The van der Waals surface area contributed by atoms with Crippen molar-refractivity contribution in [2.24, 2.45) is 0 Å². The fraction of sp³-hybridized carbons (Fsp3) is 0.700. The molecule has 1 aromatic heterocycles. The maximum Gasteiger partial charge on any atom is 0.107 e. The molecular weight excluding hydrogens is 196 g/mol. The van der Waals surface area contributed by atoms with E-state index in [1.807, 2.05) is 6.92 Å². The van der Waals surface area contributed by atoms with Crippen LogP contribution in [0.5, 0.6) is 0 Å². The third-order valence-corrected chi connectivity index (χ3v) is 3.31. The Kier molecular flexibility index (Phi) is 4.51. The van der Waals surface area contributed by atoms with Crippen LogP contribution in [0.3, 0.4) is 0 Å². The molecule has 4 heteroatoms. The minimum absolute atomic E-state index is 0.240. The molecule has 1 heterocycles. The molecule has 2 N–H and O–H groups in total. The average molecular weight is 214 g/mol. The van der Waals surface area contributed by atoms with Crippen molar-refractivity contribution in [3.63, 3.8) is 0 Å². The van der Waals surface area contributed by atoms with Gasteiger partial charge in [-0.1, -0.05) is 0 Å². The summed E-state index contributed by atoms with van der Waals surface area (Å²) < 4.78 is 0. The molecule has 0 aliphatic rings. The van der Waals surface area contributed by atoms with Gasteiger partial charge in [-0.15, -0.1) is 11.3 Å². The molecular formula is C10H18N2OS. The number of aliphatic hydroxyl groups excluding tert-OH is 1. The smallest absolute Gasteiger partial charge is 0.107 e. The minimum Gasteiger partial charge on any atom is -0.396 e. The van der Waals surface area contributed by atoms with Gasteiger partial charge < -0.3 is 10.4 Å². The lowest BCUT2D eigenvalue weighted by atomic mass is 10.2. The number of hydrogen-bond acceptors (Lipinski definition) is 4.